The lowest BCUT2D eigenvalue weighted by molar-refractivity contribution is -0.106. The van der Waals surface area contributed by atoms with E-state index in [2.05, 4.69) is 18.7 Å². The maximum atomic E-state index is 13.4. The van der Waals surface area contributed by atoms with E-state index in [9.17, 15) is 26.4 Å². The topological polar surface area (TPSA) is 88.2 Å². The Morgan fingerprint density at radius 2 is 1.82 bits per heavy atom. The van der Waals surface area contributed by atoms with Gasteiger partial charge in [-0.15, -0.1) is 0 Å². The van der Waals surface area contributed by atoms with Gasteiger partial charge in [-0.05, 0) is 49.8 Å². The van der Waals surface area contributed by atoms with Crippen LogP contribution < -0.4 is 9.46 Å². The highest BCUT2D eigenvalue weighted by atomic mass is 32.2. The van der Waals surface area contributed by atoms with E-state index in [-0.39, 0.29) is 41.6 Å². The number of rotatable bonds is 6. The molecule has 12 heteroatoms. The highest BCUT2D eigenvalue weighted by Crippen LogP contribution is 2.29. The number of likely N-dealkylation sites (N-methyl/N-ethyl adjacent to an activating group) is 1. The third-order valence-corrected chi connectivity index (χ3v) is 8.67. The molecular formula is C26H40F3N3O5S. The van der Waals surface area contributed by atoms with Crippen LogP contribution in [0.1, 0.15) is 56.3 Å². The molecule has 1 aliphatic heterocycles. The minimum absolute atomic E-state index is 0.0296. The molecule has 1 amide bonds. The zero-order valence-electron chi connectivity index (χ0n) is 22.6. The number of alkyl halides is 3. The summed E-state index contributed by atoms with van der Waals surface area (Å²) in [5, 5.41) is 0. The summed E-state index contributed by atoms with van der Waals surface area (Å²) in [4.78, 5) is 17.3. The molecule has 0 aromatic heterocycles. The molecule has 8 nitrogen and oxygen atoms in total. The normalized spacial score (nSPS) is 25.2. The van der Waals surface area contributed by atoms with Gasteiger partial charge in [0.25, 0.3) is 5.91 Å². The molecule has 2 aliphatic rings. The van der Waals surface area contributed by atoms with Gasteiger partial charge < -0.3 is 14.4 Å². The Bertz CT molecular complexity index is 1050. The fourth-order valence-corrected chi connectivity index (χ4v) is 6.29. The molecule has 1 aromatic carbocycles. The molecule has 1 heterocycles. The van der Waals surface area contributed by atoms with Crippen molar-refractivity contribution in [1.29, 1.82) is 0 Å². The maximum absolute atomic E-state index is 13.4. The number of nitrogens with zero attached hydrogens (tertiary/aromatic N) is 2. The number of carbonyl (C=O) groups is 1. The summed E-state index contributed by atoms with van der Waals surface area (Å²) in [5.41, 5.74) is -0.0807. The van der Waals surface area contributed by atoms with E-state index < -0.39 is 27.9 Å². The highest BCUT2D eigenvalue weighted by Gasteiger charge is 2.35. The number of ether oxygens (including phenoxy) is 2. The number of nitrogens with one attached hydrogen (secondary N) is 1. The smallest absolute Gasteiger partial charge is 0.404 e. The lowest BCUT2D eigenvalue weighted by Gasteiger charge is -2.38. The number of halogens is 3. The monoisotopic (exact) mass is 563 g/mol. The number of fused-ring (bicyclic) bond motifs is 1. The van der Waals surface area contributed by atoms with Crippen molar-refractivity contribution in [3.63, 3.8) is 0 Å². The molecular weight excluding hydrogens is 523 g/mol. The van der Waals surface area contributed by atoms with Crippen molar-refractivity contribution >= 4 is 21.6 Å². The third kappa shape index (κ3) is 8.74. The molecule has 1 aliphatic carbocycles. The van der Waals surface area contributed by atoms with Crippen LogP contribution in [0.2, 0.25) is 0 Å². The van der Waals surface area contributed by atoms with Crippen molar-refractivity contribution in [2.45, 2.75) is 64.3 Å². The van der Waals surface area contributed by atoms with Gasteiger partial charge >= 0.3 is 6.18 Å². The van der Waals surface area contributed by atoms with Crippen LogP contribution in [0.3, 0.4) is 0 Å². The van der Waals surface area contributed by atoms with E-state index in [4.69, 9.17) is 9.47 Å². The molecule has 38 heavy (non-hydrogen) atoms. The van der Waals surface area contributed by atoms with Crippen molar-refractivity contribution in [3.8, 4) is 5.75 Å². The summed E-state index contributed by atoms with van der Waals surface area (Å²) < 4.78 is 75.9. The molecule has 0 bridgehead atoms. The van der Waals surface area contributed by atoms with Gasteiger partial charge in [0, 0.05) is 45.5 Å². The van der Waals surface area contributed by atoms with E-state index in [1.807, 2.05) is 4.72 Å². The van der Waals surface area contributed by atoms with Crippen LogP contribution in [-0.4, -0.2) is 88.6 Å². The molecule has 0 unspecified atom stereocenters. The van der Waals surface area contributed by atoms with Crippen molar-refractivity contribution in [3.05, 3.63) is 23.8 Å². The second kappa shape index (κ2) is 12.9. The summed E-state index contributed by atoms with van der Waals surface area (Å²) in [6, 6.07) is 3.98. The lowest BCUT2D eigenvalue weighted by atomic mass is 9.88. The molecule has 0 radical (unpaired) electrons. The molecule has 1 saturated carbocycles. The maximum Gasteiger partial charge on any atom is 0.404 e. The van der Waals surface area contributed by atoms with E-state index in [0.717, 1.165) is 13.1 Å². The first-order valence-electron chi connectivity index (χ1n) is 13.1. The molecule has 0 saturated heterocycles. The number of hydrogen-bond donors (Lipinski definition) is 1. The Labute approximate surface area is 223 Å². The minimum atomic E-state index is -4.90. The molecule has 1 aromatic rings. The Morgan fingerprint density at radius 1 is 1.13 bits per heavy atom. The van der Waals surface area contributed by atoms with Crippen molar-refractivity contribution in [1.82, 2.24) is 9.80 Å². The number of sulfonamides is 1. The lowest BCUT2D eigenvalue weighted by Crippen LogP contribution is -2.48. The average Bonchev–Trinajstić information content (AvgIpc) is 2.83. The molecule has 3 atom stereocenters. The van der Waals surface area contributed by atoms with Crippen LogP contribution in [0.5, 0.6) is 5.75 Å². The van der Waals surface area contributed by atoms with Gasteiger partial charge in [-0.2, -0.15) is 13.2 Å². The summed E-state index contributed by atoms with van der Waals surface area (Å²) >= 11 is 0. The van der Waals surface area contributed by atoms with Gasteiger partial charge in [0.1, 0.15) is 12.4 Å². The number of methoxy groups -OCH3 is 1. The van der Waals surface area contributed by atoms with Crippen LogP contribution in [-0.2, 0) is 14.8 Å². The van der Waals surface area contributed by atoms with Gasteiger partial charge in [0.2, 0.25) is 10.0 Å². The molecule has 3 rings (SSSR count). The third-order valence-electron chi connectivity index (χ3n) is 7.42. The van der Waals surface area contributed by atoms with E-state index in [0.29, 0.717) is 12.5 Å². The summed E-state index contributed by atoms with van der Waals surface area (Å²) in [7, 11) is -1.48. The van der Waals surface area contributed by atoms with Crippen LogP contribution in [0.25, 0.3) is 0 Å². The number of anilines is 1. The first-order valence-corrected chi connectivity index (χ1v) is 14.8. The predicted octanol–water partition coefficient (Wildman–Crippen LogP) is 4.38. The SMILES string of the molecule is CO[C@@H]1CN(C)C(=O)c2cc(NS(=O)(=O)CC(F)(F)F)ccc2OC[C@H](C)N(CC2CCCCC2)C[C@@H]1C. The predicted molar refractivity (Wildman–Crippen MR) is 140 cm³/mol. The van der Waals surface area contributed by atoms with Crippen LogP contribution in [0.15, 0.2) is 18.2 Å². The second-order valence-electron chi connectivity index (χ2n) is 10.7. The van der Waals surface area contributed by atoms with E-state index in [1.165, 1.54) is 55.2 Å². The zero-order valence-corrected chi connectivity index (χ0v) is 23.4. The molecule has 1 N–H and O–H groups in total. The largest absolute Gasteiger partial charge is 0.491 e. The number of amides is 1. The van der Waals surface area contributed by atoms with Gasteiger partial charge in [-0.25, -0.2) is 8.42 Å². The Morgan fingerprint density at radius 3 is 2.45 bits per heavy atom. The van der Waals surface area contributed by atoms with Gasteiger partial charge in [-0.1, -0.05) is 26.2 Å². The first kappa shape index (κ1) is 30.5. The quantitative estimate of drug-likeness (QED) is 0.553. The van der Waals surface area contributed by atoms with Crippen LogP contribution >= 0.6 is 0 Å². The number of carbonyl (C=O) groups excluding carboxylic acids is 1. The fraction of sp³-hybridized carbons (Fsp3) is 0.731. The van der Waals surface area contributed by atoms with Gasteiger partial charge in [0.15, 0.2) is 5.75 Å². The van der Waals surface area contributed by atoms with Crippen molar-refractivity contribution in [2.75, 3.05) is 50.9 Å². The van der Waals surface area contributed by atoms with Gasteiger partial charge in [-0.3, -0.25) is 14.4 Å². The van der Waals surface area contributed by atoms with E-state index >= 15 is 0 Å². The zero-order chi connectivity index (χ0) is 28.1. The van der Waals surface area contributed by atoms with E-state index in [1.54, 1.807) is 14.2 Å². The van der Waals surface area contributed by atoms with Crippen LogP contribution in [0.4, 0.5) is 18.9 Å². The summed E-state index contributed by atoms with van der Waals surface area (Å²) in [6.07, 6.45) is 1.04. The summed E-state index contributed by atoms with van der Waals surface area (Å²) in [6.45, 7) is 6.49. The highest BCUT2D eigenvalue weighted by molar-refractivity contribution is 7.92. The second-order valence-corrected chi connectivity index (χ2v) is 12.5. The van der Waals surface area contributed by atoms with Crippen LogP contribution in [0, 0.1) is 11.8 Å². The molecule has 0 spiro atoms. The number of benzene rings is 1. The fourth-order valence-electron chi connectivity index (χ4n) is 5.30. The minimum Gasteiger partial charge on any atom is -0.491 e. The van der Waals surface area contributed by atoms with Gasteiger partial charge in [0.05, 0.1) is 11.7 Å². The molecule has 216 valence electrons. The summed E-state index contributed by atoms with van der Waals surface area (Å²) in [5.74, 6) is -1.49. The number of hydrogen-bond acceptors (Lipinski definition) is 6. The molecule has 1 fully saturated rings. The van der Waals surface area contributed by atoms with Crippen molar-refractivity contribution in [2.24, 2.45) is 11.8 Å². The Hall–Kier alpha value is -2.05. The Kier molecular flexibility index (Phi) is 10.3. The van der Waals surface area contributed by atoms with Crippen molar-refractivity contribution < 1.29 is 35.9 Å². The average molecular weight is 564 g/mol. The Balaban J connectivity index is 1.90. The first-order chi connectivity index (χ1) is 17.8. The standard InChI is InChI=1S/C26H40F3N3O5S/c1-18-13-32(14-20-8-6-5-7-9-20)19(2)16-37-23-11-10-21(30-38(34,35)17-26(27,28)29)12-22(23)25(33)31(3)15-24(18)36-4/h10-12,18-20,24,30H,5-9,13-17H2,1-4H3/t18-,19-,24+/m0/s1.